The van der Waals surface area contributed by atoms with Crippen molar-refractivity contribution in [3.63, 3.8) is 0 Å². The van der Waals surface area contributed by atoms with E-state index in [1.807, 2.05) is 0 Å². The van der Waals surface area contributed by atoms with Gasteiger partial charge in [0.1, 0.15) is 0 Å². The zero-order valence-corrected chi connectivity index (χ0v) is 1.50. The second-order valence-corrected chi connectivity index (χ2v) is 0. The molecule has 0 aliphatic rings. The Morgan fingerprint density at radius 1 is 0.667 bits per heavy atom. The van der Waals surface area contributed by atoms with Gasteiger partial charge in [-0.2, -0.15) is 0 Å². The van der Waals surface area contributed by atoms with Crippen LogP contribution in [0.2, 0.25) is 0 Å². The Hall–Kier alpha value is 3.78. The molecule has 0 heterocycles. The molecule has 0 rings (SSSR count). The number of hydrogen-bond acceptors (Lipinski definition) is 0. The monoisotopic (exact) mass is 160 g/mol. The van der Waals surface area contributed by atoms with Crippen molar-refractivity contribution < 1.29 is 16.4 Å². The summed E-state index contributed by atoms with van der Waals surface area (Å²) in [6.07, 6.45) is 0. The van der Waals surface area contributed by atoms with Crippen molar-refractivity contribution in [3.8, 4) is 0 Å². The molecule has 0 aromatic heterocycles. The molecule has 0 aliphatic carbocycles. The van der Waals surface area contributed by atoms with Crippen molar-refractivity contribution >= 4 is 119 Å². The van der Waals surface area contributed by atoms with E-state index in [1.54, 1.807) is 0 Å². The molecule has 0 aromatic rings. The van der Waals surface area contributed by atoms with Crippen LogP contribution >= 0.6 is 0 Å². The molecule has 0 unspecified atom stereocenters. The molecule has 3 nitrogen and oxygen atoms in total. The van der Waals surface area contributed by atoms with Crippen LogP contribution in [0, 0.1) is 0 Å². The normalized spacial score (nSPS) is 0. The van der Waals surface area contributed by atoms with E-state index < -0.39 is 0 Å². The second-order valence-electron chi connectivity index (χ2n) is 0. The number of hydrogen-bond donors (Lipinski definition) is 0. The molecule has 0 saturated heterocycles. The van der Waals surface area contributed by atoms with Crippen molar-refractivity contribution in [2.24, 2.45) is 0 Å². The Labute approximate surface area is 131 Å². The fourth-order valence-electron chi connectivity index (χ4n) is 0. The van der Waals surface area contributed by atoms with Gasteiger partial charge in [-0.15, -0.1) is 0 Å². The quantitative estimate of drug-likeness (QED) is 0.318. The van der Waals surface area contributed by atoms with Crippen molar-refractivity contribution in [2.75, 3.05) is 0 Å². The van der Waals surface area contributed by atoms with Crippen molar-refractivity contribution in [2.45, 2.75) is 0 Å². The van der Waals surface area contributed by atoms with Crippen LogP contribution in [0.15, 0.2) is 0 Å². The average molecular weight is 160 g/mol. The van der Waals surface area contributed by atoms with Crippen molar-refractivity contribution in [1.82, 2.24) is 0 Å². The van der Waals surface area contributed by atoms with Gasteiger partial charge in [-0.25, -0.2) is 0 Å². The molecule has 0 radical (unpaired) electrons. The third kappa shape index (κ3) is 25.0. The van der Waals surface area contributed by atoms with Crippen molar-refractivity contribution in [1.29, 1.82) is 0 Å². The summed E-state index contributed by atoms with van der Waals surface area (Å²) in [5.41, 5.74) is 0. The maximum absolute atomic E-state index is 0. The first kappa shape index (κ1) is 52.8. The topological polar surface area (TPSA) is 94.5 Å². The van der Waals surface area contributed by atoms with E-state index in [0.29, 0.717) is 0 Å². The third-order valence-corrected chi connectivity index (χ3v) is 0. The van der Waals surface area contributed by atoms with Gasteiger partial charge in [0.15, 0.2) is 0 Å². The predicted octanol–water partition coefficient (Wildman–Crippen LogP) is -4.69. The van der Waals surface area contributed by atoms with Gasteiger partial charge >= 0.3 is 119 Å². The Morgan fingerprint density at radius 3 is 0.667 bits per heavy atom. The Kier molecular flexibility index (Phi) is 328. The molecule has 0 fully saturated rings. The zero-order valence-electron chi connectivity index (χ0n) is 1.50. The summed E-state index contributed by atoms with van der Waals surface area (Å²) in [5, 5.41) is 0. The summed E-state index contributed by atoms with van der Waals surface area (Å²) in [4.78, 5) is 0. The molecule has 0 amide bonds. The van der Waals surface area contributed by atoms with Gasteiger partial charge in [-0.3, -0.25) is 0 Å². The first-order valence-electron chi connectivity index (χ1n) is 0. The molecule has 6 N–H and O–H groups in total. The first-order valence-corrected chi connectivity index (χ1v) is 0. The predicted molar refractivity (Wildman–Crippen MR) is 33.7 cm³/mol. The average Bonchev–Trinajstić information content (AvgIpc) is 0. The summed E-state index contributed by atoms with van der Waals surface area (Å²) in [5.74, 6) is 0. The number of rotatable bonds is 0. The fourth-order valence-corrected chi connectivity index (χ4v) is 0. The molecular formula is H10CaKNaO3. The SMILES string of the molecule is O.O.O.[CaH2].[KH].[NaH]. The fraction of sp³-hybridized carbons (Fsp3) is 0. The molecule has 0 atom stereocenters. The first-order chi connectivity index (χ1) is 0. The van der Waals surface area contributed by atoms with Crippen LogP contribution in [0.3, 0.4) is 0 Å². The Bertz CT molecular complexity index is 10.8. The summed E-state index contributed by atoms with van der Waals surface area (Å²) in [6, 6.07) is 0. The molecule has 0 bridgehead atoms. The van der Waals surface area contributed by atoms with Gasteiger partial charge in [-0.1, -0.05) is 0 Å². The second kappa shape index (κ2) is 37.2. The molecule has 32 valence electrons. The van der Waals surface area contributed by atoms with E-state index in [1.165, 1.54) is 0 Å². The van der Waals surface area contributed by atoms with E-state index in [4.69, 9.17) is 0 Å². The third-order valence-electron chi connectivity index (χ3n) is 0. The van der Waals surface area contributed by atoms with Gasteiger partial charge in [-0.05, 0) is 0 Å². The van der Waals surface area contributed by atoms with E-state index in [2.05, 4.69) is 0 Å². The van der Waals surface area contributed by atoms with E-state index in [-0.39, 0.29) is 135 Å². The summed E-state index contributed by atoms with van der Waals surface area (Å²) in [6.45, 7) is 0. The zero-order chi connectivity index (χ0) is 0. The van der Waals surface area contributed by atoms with Gasteiger partial charge in [0, 0.05) is 0 Å². The molecule has 0 spiro atoms. The summed E-state index contributed by atoms with van der Waals surface area (Å²) >= 11 is 0. The standard InChI is InChI=1S/Ca.K.Na.3H2O.4H/h;;;3*1H2;;;;. The van der Waals surface area contributed by atoms with E-state index in [9.17, 15) is 0 Å². The molecule has 6 heavy (non-hydrogen) atoms. The van der Waals surface area contributed by atoms with Crippen LogP contribution in [0.1, 0.15) is 0 Å². The maximum atomic E-state index is 0. The van der Waals surface area contributed by atoms with Crippen LogP contribution in [-0.2, 0) is 0 Å². The molecular weight excluding hydrogens is 150 g/mol. The van der Waals surface area contributed by atoms with Crippen LogP contribution in [0.25, 0.3) is 0 Å². The molecule has 0 aliphatic heterocycles. The molecule has 0 aromatic carbocycles. The van der Waals surface area contributed by atoms with Gasteiger partial charge < -0.3 is 16.4 Å². The van der Waals surface area contributed by atoms with Crippen LogP contribution in [0.5, 0.6) is 0 Å². The summed E-state index contributed by atoms with van der Waals surface area (Å²) < 4.78 is 0. The van der Waals surface area contributed by atoms with Gasteiger partial charge in [0.25, 0.3) is 0 Å². The molecule has 0 saturated carbocycles. The van der Waals surface area contributed by atoms with Crippen molar-refractivity contribution in [3.05, 3.63) is 0 Å². The minimum absolute atomic E-state index is 0. The Morgan fingerprint density at radius 2 is 0.667 bits per heavy atom. The molecule has 6 heteroatoms. The summed E-state index contributed by atoms with van der Waals surface area (Å²) in [7, 11) is 0. The van der Waals surface area contributed by atoms with Crippen LogP contribution < -0.4 is 0 Å². The van der Waals surface area contributed by atoms with E-state index >= 15 is 0 Å². The van der Waals surface area contributed by atoms with E-state index in [0.717, 1.165) is 0 Å². The van der Waals surface area contributed by atoms with Gasteiger partial charge in [0.05, 0.1) is 0 Å². The van der Waals surface area contributed by atoms with Crippen LogP contribution in [0.4, 0.5) is 0 Å². The van der Waals surface area contributed by atoms with Crippen LogP contribution in [-0.4, -0.2) is 135 Å². The van der Waals surface area contributed by atoms with Gasteiger partial charge in [0.2, 0.25) is 0 Å². The Balaban J connectivity index is 0. The minimum atomic E-state index is 0.